The number of carbonyl (C=O) groups excluding carboxylic acids is 1. The SMILES string of the molecule is CC(C)Cn1cnc2c1c(=O)n(CC(=O)Nc1cccc(C#N)c1)c(=O)n2CC(C)C. The lowest BCUT2D eigenvalue weighted by atomic mass is 10.2. The van der Waals surface area contributed by atoms with Crippen molar-refractivity contribution in [2.24, 2.45) is 11.8 Å². The quantitative estimate of drug-likeness (QED) is 0.627. The lowest BCUT2D eigenvalue weighted by molar-refractivity contribution is -0.116. The van der Waals surface area contributed by atoms with Gasteiger partial charge in [0.1, 0.15) is 6.54 Å². The Labute approximate surface area is 179 Å². The molecule has 9 heteroatoms. The number of aromatic nitrogens is 4. The number of rotatable bonds is 7. The minimum Gasteiger partial charge on any atom is -0.324 e. The summed E-state index contributed by atoms with van der Waals surface area (Å²) in [5, 5.41) is 11.7. The Morgan fingerprint density at radius 2 is 1.84 bits per heavy atom. The zero-order chi connectivity index (χ0) is 22.7. The molecule has 0 aliphatic carbocycles. The van der Waals surface area contributed by atoms with E-state index >= 15 is 0 Å². The van der Waals surface area contributed by atoms with Gasteiger partial charge in [-0.1, -0.05) is 33.8 Å². The molecule has 31 heavy (non-hydrogen) atoms. The first kappa shape index (κ1) is 22.0. The van der Waals surface area contributed by atoms with E-state index in [0.29, 0.717) is 35.5 Å². The van der Waals surface area contributed by atoms with Crippen LogP contribution in [0.5, 0.6) is 0 Å². The van der Waals surface area contributed by atoms with Gasteiger partial charge in [-0.3, -0.25) is 14.2 Å². The van der Waals surface area contributed by atoms with E-state index < -0.39 is 23.7 Å². The number of amides is 1. The molecule has 0 atom stereocenters. The van der Waals surface area contributed by atoms with Crippen LogP contribution in [-0.2, 0) is 24.4 Å². The topological polar surface area (TPSA) is 115 Å². The standard InChI is InChI=1S/C22H26N6O3/c1-14(2)10-26-13-24-20-19(26)21(30)28(22(31)27(20)11-15(3)4)12-18(29)25-17-7-5-6-16(8-17)9-23/h5-8,13-15H,10-12H2,1-4H3,(H,25,29). The first-order valence-corrected chi connectivity index (χ1v) is 10.2. The van der Waals surface area contributed by atoms with Gasteiger partial charge in [0.05, 0.1) is 18.0 Å². The molecule has 0 saturated carbocycles. The Morgan fingerprint density at radius 3 is 2.48 bits per heavy atom. The zero-order valence-corrected chi connectivity index (χ0v) is 18.1. The monoisotopic (exact) mass is 422 g/mol. The average Bonchev–Trinajstić information content (AvgIpc) is 3.11. The van der Waals surface area contributed by atoms with E-state index in [1.54, 1.807) is 29.1 Å². The third kappa shape index (κ3) is 4.74. The van der Waals surface area contributed by atoms with Crippen LogP contribution in [0.4, 0.5) is 5.69 Å². The molecule has 2 heterocycles. The van der Waals surface area contributed by atoms with Crippen LogP contribution in [0.3, 0.4) is 0 Å². The van der Waals surface area contributed by atoms with E-state index in [2.05, 4.69) is 10.3 Å². The average molecular weight is 422 g/mol. The van der Waals surface area contributed by atoms with Gasteiger partial charge < -0.3 is 9.88 Å². The van der Waals surface area contributed by atoms with Crippen LogP contribution in [0.2, 0.25) is 0 Å². The van der Waals surface area contributed by atoms with Crippen molar-refractivity contribution in [2.45, 2.75) is 47.3 Å². The molecule has 1 N–H and O–H groups in total. The zero-order valence-electron chi connectivity index (χ0n) is 18.1. The largest absolute Gasteiger partial charge is 0.333 e. The van der Waals surface area contributed by atoms with E-state index in [0.717, 1.165) is 4.57 Å². The maximum atomic E-state index is 13.2. The lowest BCUT2D eigenvalue weighted by Gasteiger charge is -2.14. The van der Waals surface area contributed by atoms with Crippen LogP contribution in [0.15, 0.2) is 40.2 Å². The highest BCUT2D eigenvalue weighted by Gasteiger charge is 2.20. The number of nitrogens with zero attached hydrogens (tertiary/aromatic N) is 5. The van der Waals surface area contributed by atoms with Crippen LogP contribution < -0.4 is 16.6 Å². The van der Waals surface area contributed by atoms with Crippen LogP contribution in [0.1, 0.15) is 33.3 Å². The number of anilines is 1. The number of hydrogen-bond acceptors (Lipinski definition) is 5. The summed E-state index contributed by atoms with van der Waals surface area (Å²) in [6.45, 7) is 8.49. The van der Waals surface area contributed by atoms with E-state index in [9.17, 15) is 14.4 Å². The molecule has 1 amide bonds. The molecular weight excluding hydrogens is 396 g/mol. The molecule has 1 aromatic carbocycles. The fourth-order valence-electron chi connectivity index (χ4n) is 3.45. The highest BCUT2D eigenvalue weighted by Crippen LogP contribution is 2.12. The Morgan fingerprint density at radius 1 is 1.13 bits per heavy atom. The summed E-state index contributed by atoms with van der Waals surface area (Å²) in [5.41, 5.74) is 0.357. The number of hydrogen-bond donors (Lipinski definition) is 1. The molecular formula is C22H26N6O3. The van der Waals surface area contributed by atoms with E-state index in [1.165, 1.54) is 10.6 Å². The second-order valence-corrected chi connectivity index (χ2v) is 8.38. The summed E-state index contributed by atoms with van der Waals surface area (Å²) >= 11 is 0. The van der Waals surface area contributed by atoms with Crippen molar-refractivity contribution < 1.29 is 4.79 Å². The molecule has 0 spiro atoms. The van der Waals surface area contributed by atoms with Crippen LogP contribution >= 0.6 is 0 Å². The summed E-state index contributed by atoms with van der Waals surface area (Å²) in [6, 6.07) is 8.43. The number of imidazole rings is 1. The van der Waals surface area contributed by atoms with Crippen molar-refractivity contribution in [1.29, 1.82) is 5.26 Å². The van der Waals surface area contributed by atoms with Crippen molar-refractivity contribution in [3.05, 3.63) is 57.0 Å². The van der Waals surface area contributed by atoms with E-state index in [4.69, 9.17) is 5.26 Å². The van der Waals surface area contributed by atoms with Gasteiger partial charge >= 0.3 is 5.69 Å². The second-order valence-electron chi connectivity index (χ2n) is 8.38. The molecule has 0 aliphatic heterocycles. The number of carbonyl (C=O) groups is 1. The predicted molar refractivity (Wildman–Crippen MR) is 118 cm³/mol. The van der Waals surface area contributed by atoms with Crippen molar-refractivity contribution in [3.8, 4) is 6.07 Å². The van der Waals surface area contributed by atoms with Gasteiger partial charge in [0.15, 0.2) is 11.2 Å². The fraction of sp³-hybridized carbons (Fsp3) is 0.409. The van der Waals surface area contributed by atoms with Gasteiger partial charge in [-0.2, -0.15) is 5.26 Å². The highest BCUT2D eigenvalue weighted by molar-refractivity contribution is 5.90. The minimum absolute atomic E-state index is 0.143. The molecule has 0 fully saturated rings. The van der Waals surface area contributed by atoms with Gasteiger partial charge in [0, 0.05) is 18.8 Å². The molecule has 2 aromatic heterocycles. The van der Waals surface area contributed by atoms with Crippen LogP contribution in [0, 0.1) is 23.2 Å². The van der Waals surface area contributed by atoms with Gasteiger partial charge in [-0.05, 0) is 30.0 Å². The number of nitriles is 1. The minimum atomic E-state index is -0.568. The second kappa shape index (κ2) is 9.00. The summed E-state index contributed by atoms with van der Waals surface area (Å²) in [7, 11) is 0. The van der Waals surface area contributed by atoms with Gasteiger partial charge in [0.25, 0.3) is 5.56 Å². The summed E-state index contributed by atoms with van der Waals surface area (Å²) < 4.78 is 4.15. The molecule has 0 bridgehead atoms. The lowest BCUT2D eigenvalue weighted by Crippen LogP contribution is -2.43. The number of fused-ring (bicyclic) bond motifs is 1. The number of benzene rings is 1. The first-order chi connectivity index (χ1) is 14.7. The molecule has 162 valence electrons. The molecule has 3 rings (SSSR count). The normalized spacial score (nSPS) is 11.3. The fourth-order valence-corrected chi connectivity index (χ4v) is 3.45. The molecule has 3 aromatic rings. The molecule has 0 saturated heterocycles. The Hall–Kier alpha value is -3.67. The summed E-state index contributed by atoms with van der Waals surface area (Å²) in [6.07, 6.45) is 1.57. The maximum absolute atomic E-state index is 13.2. The van der Waals surface area contributed by atoms with Crippen molar-refractivity contribution in [3.63, 3.8) is 0 Å². The first-order valence-electron chi connectivity index (χ1n) is 10.2. The summed E-state index contributed by atoms with van der Waals surface area (Å²) in [5.74, 6) is -0.115. The molecule has 0 unspecified atom stereocenters. The predicted octanol–water partition coefficient (Wildman–Crippen LogP) is 2.18. The maximum Gasteiger partial charge on any atom is 0.333 e. The Bertz CT molecular complexity index is 1270. The summed E-state index contributed by atoms with van der Waals surface area (Å²) in [4.78, 5) is 43.3. The third-order valence-corrected chi connectivity index (χ3v) is 4.67. The van der Waals surface area contributed by atoms with E-state index in [1.807, 2.05) is 33.8 Å². The highest BCUT2D eigenvalue weighted by atomic mass is 16.2. The Kier molecular flexibility index (Phi) is 6.39. The van der Waals surface area contributed by atoms with Gasteiger partial charge in [-0.15, -0.1) is 0 Å². The van der Waals surface area contributed by atoms with Gasteiger partial charge in [0.2, 0.25) is 5.91 Å². The van der Waals surface area contributed by atoms with Crippen molar-refractivity contribution in [2.75, 3.05) is 5.32 Å². The van der Waals surface area contributed by atoms with Crippen molar-refractivity contribution in [1.82, 2.24) is 18.7 Å². The third-order valence-electron chi connectivity index (χ3n) is 4.67. The van der Waals surface area contributed by atoms with Crippen LogP contribution in [0.25, 0.3) is 11.2 Å². The number of nitrogens with one attached hydrogen (secondary N) is 1. The van der Waals surface area contributed by atoms with Crippen molar-refractivity contribution >= 4 is 22.8 Å². The van der Waals surface area contributed by atoms with Gasteiger partial charge in [-0.25, -0.2) is 14.3 Å². The molecule has 0 aliphatic rings. The molecule has 0 radical (unpaired) electrons. The smallest absolute Gasteiger partial charge is 0.324 e. The van der Waals surface area contributed by atoms with Crippen LogP contribution in [-0.4, -0.2) is 24.6 Å². The van der Waals surface area contributed by atoms with E-state index in [-0.39, 0.29) is 11.8 Å². The molecule has 9 nitrogen and oxygen atoms in total. The Balaban J connectivity index is 2.06.